The van der Waals surface area contributed by atoms with Crippen LogP contribution >= 0.6 is 0 Å². The van der Waals surface area contributed by atoms with Crippen LogP contribution in [0.3, 0.4) is 0 Å². The van der Waals surface area contributed by atoms with Gasteiger partial charge in [0, 0.05) is 43.2 Å². The summed E-state index contributed by atoms with van der Waals surface area (Å²) in [6.07, 6.45) is 4.05. The fourth-order valence-corrected chi connectivity index (χ4v) is 7.25. The Hall–Kier alpha value is -6.02. The molecule has 1 aliphatic heterocycles. The van der Waals surface area contributed by atoms with Gasteiger partial charge in [0.2, 0.25) is 23.6 Å². The molecule has 16 nitrogen and oxygen atoms in total. The van der Waals surface area contributed by atoms with Gasteiger partial charge in [-0.25, -0.2) is 0 Å². The van der Waals surface area contributed by atoms with E-state index in [1.165, 1.54) is 24.4 Å². The van der Waals surface area contributed by atoms with Crippen LogP contribution < -0.4 is 47.9 Å². The molecule has 0 radical (unpaired) electrons. The summed E-state index contributed by atoms with van der Waals surface area (Å²) in [5.74, 6) is -2.23. The molecule has 4 bridgehead atoms. The van der Waals surface area contributed by atoms with Gasteiger partial charge in [-0.15, -0.1) is 0 Å². The van der Waals surface area contributed by atoms with E-state index in [9.17, 15) is 24.0 Å². The van der Waals surface area contributed by atoms with Crippen molar-refractivity contribution in [2.24, 2.45) is 17.2 Å². The van der Waals surface area contributed by atoms with Gasteiger partial charge in [0.05, 0.1) is 6.07 Å². The van der Waals surface area contributed by atoms with Crippen molar-refractivity contribution in [3.8, 4) is 28.7 Å². The van der Waals surface area contributed by atoms with Crippen LogP contribution in [0.1, 0.15) is 64.8 Å². The molecule has 10 N–H and O–H groups in total. The first-order valence-corrected chi connectivity index (χ1v) is 19.6. The number of nitrogens with two attached hydrogens (primary N) is 3. The summed E-state index contributed by atoms with van der Waals surface area (Å²) in [6, 6.07) is 12.9. The second-order valence-corrected chi connectivity index (χ2v) is 14.4. The minimum absolute atomic E-state index is 0.0199. The van der Waals surface area contributed by atoms with Gasteiger partial charge in [0.1, 0.15) is 55.4 Å². The Balaban J connectivity index is 1.60. The maximum Gasteiger partial charge on any atom is 0.251 e. The van der Waals surface area contributed by atoms with Crippen molar-refractivity contribution in [2.75, 3.05) is 46.4 Å². The molecule has 16 heteroatoms. The van der Waals surface area contributed by atoms with Gasteiger partial charge in [0.15, 0.2) is 0 Å². The number of nitrogens with one attached hydrogen (secondary N) is 4. The van der Waals surface area contributed by atoms with Crippen molar-refractivity contribution in [3.05, 3.63) is 82.4 Å². The average Bonchev–Trinajstić information content (AvgIpc) is 3.23. The van der Waals surface area contributed by atoms with Gasteiger partial charge in [-0.2, -0.15) is 5.26 Å². The van der Waals surface area contributed by atoms with Gasteiger partial charge < -0.3 is 52.8 Å². The highest BCUT2D eigenvalue weighted by Gasteiger charge is 2.36. The van der Waals surface area contributed by atoms with Crippen molar-refractivity contribution in [2.45, 2.75) is 69.6 Å². The number of carbonyl (C=O) groups excluding carboxylic acids is 5. The first-order chi connectivity index (χ1) is 28.0. The van der Waals surface area contributed by atoms with Crippen LogP contribution in [0.2, 0.25) is 0 Å². The van der Waals surface area contributed by atoms with E-state index in [-0.39, 0.29) is 52.2 Å². The Morgan fingerprint density at radius 1 is 0.879 bits per heavy atom. The van der Waals surface area contributed by atoms with Gasteiger partial charge >= 0.3 is 0 Å². The number of hydrogen-bond acceptors (Lipinski definition) is 11. The lowest BCUT2D eigenvalue weighted by atomic mass is 9.90. The molecule has 4 atom stereocenters. The third-order valence-electron chi connectivity index (χ3n) is 10.2. The summed E-state index contributed by atoms with van der Waals surface area (Å²) in [7, 11) is 1.44. The number of nitriles is 1. The van der Waals surface area contributed by atoms with Crippen molar-refractivity contribution in [1.82, 2.24) is 26.2 Å². The van der Waals surface area contributed by atoms with Gasteiger partial charge in [-0.1, -0.05) is 18.2 Å². The predicted molar refractivity (Wildman–Crippen MR) is 216 cm³/mol. The van der Waals surface area contributed by atoms with E-state index in [2.05, 4.69) is 21.3 Å². The average molecular weight is 796 g/mol. The van der Waals surface area contributed by atoms with E-state index >= 15 is 0 Å². The number of rotatable bonds is 14. The minimum Gasteiger partial charge on any atom is -0.492 e. The first kappa shape index (κ1) is 43.1. The normalized spacial score (nSPS) is 18.2. The van der Waals surface area contributed by atoms with Crippen molar-refractivity contribution >= 4 is 29.5 Å². The van der Waals surface area contributed by atoms with Crippen LogP contribution in [-0.4, -0.2) is 99.0 Å². The fourth-order valence-electron chi connectivity index (χ4n) is 7.25. The summed E-state index contributed by atoms with van der Waals surface area (Å²) < 4.78 is 12.1. The van der Waals surface area contributed by atoms with E-state index in [0.717, 1.165) is 31.2 Å². The molecule has 0 saturated carbocycles. The number of ether oxygens (including phenoxy) is 2. The Morgan fingerprint density at radius 3 is 2.22 bits per heavy atom. The number of hydrogen-bond donors (Lipinski definition) is 7. The van der Waals surface area contributed by atoms with Crippen molar-refractivity contribution < 1.29 is 33.4 Å². The third kappa shape index (κ3) is 10.5. The number of carbonyl (C=O) groups is 5. The number of aryl methyl sites for hydroxylation is 2. The molecule has 3 aromatic rings. The largest absolute Gasteiger partial charge is 0.492 e. The zero-order valence-corrected chi connectivity index (χ0v) is 33.0. The molecule has 0 saturated heterocycles. The molecule has 1 aliphatic carbocycles. The number of nitrogens with zero attached hydrogens (tertiary/aromatic N) is 2. The smallest absolute Gasteiger partial charge is 0.251 e. The molecule has 2 aliphatic rings. The van der Waals surface area contributed by atoms with Gasteiger partial charge in [-0.3, -0.25) is 24.0 Å². The van der Waals surface area contributed by atoms with Gasteiger partial charge in [-0.05, 0) is 104 Å². The monoisotopic (exact) mass is 795 g/mol. The van der Waals surface area contributed by atoms with E-state index in [1.807, 2.05) is 18.2 Å². The van der Waals surface area contributed by atoms with E-state index < -0.39 is 53.7 Å². The summed E-state index contributed by atoms with van der Waals surface area (Å²) in [5.41, 5.74) is 22.3. The Bertz CT molecular complexity index is 2030. The summed E-state index contributed by atoms with van der Waals surface area (Å²) in [4.78, 5) is 70.7. The number of fused-ring (bicyclic) bond motifs is 6. The quantitative estimate of drug-likeness (QED) is 0.112. The summed E-state index contributed by atoms with van der Waals surface area (Å²) >= 11 is 0. The van der Waals surface area contributed by atoms with Gasteiger partial charge in [0.25, 0.3) is 5.91 Å². The molecule has 0 unspecified atom stereocenters. The second-order valence-electron chi connectivity index (χ2n) is 14.4. The van der Waals surface area contributed by atoms with Crippen LogP contribution in [0.4, 0.5) is 0 Å². The van der Waals surface area contributed by atoms with Crippen LogP contribution in [-0.2, 0) is 38.4 Å². The lowest BCUT2D eigenvalue weighted by molar-refractivity contribution is -0.141. The Labute approximate surface area is 338 Å². The minimum atomic E-state index is -1.35. The SMILES string of the molecule is C[C@@H]1NC(=O)[C@@H](N(C)C(=O)[C@H](CCN)NC(=O)c2ccc3c(c2)CCCC3)c2ccc(OCCN)c(c2)-c2cc(ccc2OCCN)C[C@@H](C(=O)NCC#N)NC1=O. The summed E-state index contributed by atoms with van der Waals surface area (Å²) in [5, 5.41) is 19.9. The molecule has 3 aromatic carbocycles. The van der Waals surface area contributed by atoms with E-state index in [4.69, 9.17) is 31.9 Å². The topological polar surface area (TPSA) is 257 Å². The fraction of sp³-hybridized carbons (Fsp3) is 0.429. The lowest BCUT2D eigenvalue weighted by Gasteiger charge is -2.32. The van der Waals surface area contributed by atoms with E-state index in [1.54, 1.807) is 42.5 Å². The third-order valence-corrected chi connectivity index (χ3v) is 10.2. The highest BCUT2D eigenvalue weighted by molar-refractivity contribution is 5.99. The zero-order valence-electron chi connectivity index (χ0n) is 33.0. The van der Waals surface area contributed by atoms with E-state index in [0.29, 0.717) is 39.3 Å². The molecular weight excluding hydrogens is 743 g/mol. The predicted octanol–water partition coefficient (Wildman–Crippen LogP) is 0.740. The molecule has 58 heavy (non-hydrogen) atoms. The van der Waals surface area contributed by atoms with Crippen LogP contribution in [0.15, 0.2) is 54.6 Å². The molecule has 0 spiro atoms. The highest BCUT2D eigenvalue weighted by atomic mass is 16.5. The van der Waals surface area contributed by atoms with Crippen LogP contribution in [0.25, 0.3) is 11.1 Å². The molecule has 5 rings (SSSR count). The Morgan fingerprint density at radius 2 is 1.55 bits per heavy atom. The van der Waals surface area contributed by atoms with Crippen molar-refractivity contribution in [3.63, 3.8) is 0 Å². The highest BCUT2D eigenvalue weighted by Crippen LogP contribution is 2.40. The molecule has 5 amide bonds. The van der Waals surface area contributed by atoms with Crippen molar-refractivity contribution in [1.29, 1.82) is 5.26 Å². The standard InChI is InChI=1S/C42H53N9O7/c1-25-38(52)50-34(40(54)47-18-15-44)22-26-7-11-35(57-19-16-45)31(21-26)32-24-29(10-12-36(32)58-20-17-46)37(41(55)48-25)51(2)42(56)33(13-14-43)49-39(53)30-9-8-27-5-3-4-6-28(27)23-30/h7-12,21,23-25,33-34,37H,3-6,13-14,16-20,22,43,45-46H2,1-2H3,(H,47,54)(H,48,55)(H,49,53)(H,50,52)/t25-,33-,34-,37-/m0/s1. The van der Waals surface area contributed by atoms with Crippen LogP contribution in [0.5, 0.6) is 11.5 Å². The molecule has 308 valence electrons. The number of likely N-dealkylation sites (N-methyl/N-ethyl adjacent to an activating group) is 1. The first-order valence-electron chi connectivity index (χ1n) is 19.6. The molecular formula is C42H53N9O7. The molecule has 0 aromatic heterocycles. The number of benzene rings is 3. The number of amides is 5. The maximum absolute atomic E-state index is 14.5. The lowest BCUT2D eigenvalue weighted by Crippen LogP contribution is -2.56. The molecule has 1 heterocycles. The molecule has 0 fully saturated rings. The zero-order chi connectivity index (χ0) is 41.8. The Kier molecular flexibility index (Phi) is 15.2. The summed E-state index contributed by atoms with van der Waals surface area (Å²) in [6.45, 7) is 1.97. The van der Waals surface area contributed by atoms with Crippen LogP contribution in [0, 0.1) is 11.3 Å². The second kappa shape index (κ2) is 20.4. The maximum atomic E-state index is 14.5.